The third-order valence-corrected chi connectivity index (χ3v) is 4.30. The normalized spacial score (nSPS) is 23.1. The van der Waals surface area contributed by atoms with Crippen LogP contribution in [-0.4, -0.2) is 22.3 Å². The average Bonchev–Trinajstić information content (AvgIpc) is 2.06. The zero-order valence-corrected chi connectivity index (χ0v) is 10.1. The van der Waals surface area contributed by atoms with Gasteiger partial charge in [0.05, 0.1) is 5.16 Å². The van der Waals surface area contributed by atoms with Gasteiger partial charge < -0.3 is 5.11 Å². The monoisotopic (exact) mass is 239 g/mol. The maximum absolute atomic E-state index is 11.2. The zero-order chi connectivity index (χ0) is 11.5. The van der Waals surface area contributed by atoms with E-state index in [1.165, 1.54) is 12.8 Å². The summed E-state index contributed by atoms with van der Waals surface area (Å²) in [6.07, 6.45) is 7.13. The van der Waals surface area contributed by atoms with Crippen molar-refractivity contribution in [2.75, 3.05) is 0 Å². The van der Waals surface area contributed by atoms with Crippen molar-refractivity contribution < 1.29 is 9.90 Å². The van der Waals surface area contributed by atoms with Crippen LogP contribution in [-0.2, 0) is 4.79 Å². The van der Waals surface area contributed by atoms with Gasteiger partial charge in [0.1, 0.15) is 0 Å². The summed E-state index contributed by atoms with van der Waals surface area (Å²) in [6.45, 7) is 0. The van der Waals surface area contributed by atoms with E-state index in [2.05, 4.69) is 22.4 Å². The Bertz CT molecular complexity index is 301. The van der Waals surface area contributed by atoms with Crippen LogP contribution in [0.1, 0.15) is 38.5 Å². The van der Waals surface area contributed by atoms with E-state index in [0.717, 1.165) is 25.7 Å². The second-order valence-electron chi connectivity index (χ2n) is 4.96. The molecule has 0 spiro atoms. The number of isothiocyanates is 1. The smallest absolute Gasteiger partial charge is 0.329 e. The Morgan fingerprint density at radius 1 is 1.25 bits per heavy atom. The van der Waals surface area contributed by atoms with Crippen LogP contribution in [0.2, 0.25) is 0 Å². The minimum atomic E-state index is -0.832. The molecule has 0 bridgehead atoms. The summed E-state index contributed by atoms with van der Waals surface area (Å²) in [4.78, 5) is 15.1. The fourth-order valence-corrected chi connectivity index (χ4v) is 3.03. The molecule has 3 nitrogen and oxygen atoms in total. The summed E-state index contributed by atoms with van der Waals surface area (Å²) in [5, 5.41) is 11.5. The van der Waals surface area contributed by atoms with Gasteiger partial charge in [-0.25, -0.2) is 9.79 Å². The minimum Gasteiger partial charge on any atom is -0.480 e. The lowest BCUT2D eigenvalue weighted by molar-refractivity contribution is -0.142. The topological polar surface area (TPSA) is 49.7 Å². The predicted octanol–water partition coefficient (Wildman–Crippen LogP) is 2.76. The van der Waals surface area contributed by atoms with Gasteiger partial charge in [-0.1, -0.05) is 38.5 Å². The summed E-state index contributed by atoms with van der Waals surface area (Å²) in [5.41, 5.74) is 0. The lowest BCUT2D eigenvalue weighted by Gasteiger charge is -2.43. The summed E-state index contributed by atoms with van der Waals surface area (Å²) >= 11 is 4.57. The van der Waals surface area contributed by atoms with Gasteiger partial charge in [0.25, 0.3) is 0 Å². The van der Waals surface area contributed by atoms with Crippen LogP contribution < -0.4 is 0 Å². The first kappa shape index (κ1) is 11.7. The van der Waals surface area contributed by atoms with Crippen molar-refractivity contribution in [2.24, 2.45) is 22.7 Å². The quantitative estimate of drug-likeness (QED) is 0.593. The molecule has 0 radical (unpaired) electrons. The number of aliphatic carboxylic acids is 1. The Morgan fingerprint density at radius 3 is 2.00 bits per heavy atom. The highest BCUT2D eigenvalue weighted by molar-refractivity contribution is 7.78. The molecule has 1 N–H and O–H groups in total. The molecule has 2 fully saturated rings. The zero-order valence-electron chi connectivity index (χ0n) is 9.26. The molecular weight excluding hydrogens is 222 g/mol. The van der Waals surface area contributed by atoms with Crippen LogP contribution in [0.15, 0.2) is 4.99 Å². The van der Waals surface area contributed by atoms with Gasteiger partial charge in [0.2, 0.25) is 0 Å². The third kappa shape index (κ3) is 2.18. The molecule has 0 amide bonds. The summed E-state index contributed by atoms with van der Waals surface area (Å²) < 4.78 is 0. The Labute approximate surface area is 101 Å². The number of carboxylic acids is 1. The van der Waals surface area contributed by atoms with E-state index in [9.17, 15) is 9.90 Å². The summed E-state index contributed by atoms with van der Waals surface area (Å²) in [6, 6.07) is -0.645. The van der Waals surface area contributed by atoms with Gasteiger partial charge in [0.15, 0.2) is 6.04 Å². The minimum absolute atomic E-state index is 0.204. The highest BCUT2D eigenvalue weighted by Crippen LogP contribution is 2.46. The number of nitrogens with zero attached hydrogens (tertiary/aromatic N) is 1. The van der Waals surface area contributed by atoms with Crippen LogP contribution >= 0.6 is 12.2 Å². The number of hydrogen-bond donors (Lipinski definition) is 1. The van der Waals surface area contributed by atoms with Crippen molar-refractivity contribution in [3.8, 4) is 0 Å². The summed E-state index contributed by atoms with van der Waals surface area (Å²) in [5.74, 6) is 0.480. The van der Waals surface area contributed by atoms with Gasteiger partial charge in [-0.3, -0.25) is 0 Å². The van der Waals surface area contributed by atoms with Gasteiger partial charge in [-0.2, -0.15) is 0 Å². The number of hydrogen-bond acceptors (Lipinski definition) is 3. The van der Waals surface area contributed by atoms with E-state index in [0.29, 0.717) is 11.8 Å². The summed E-state index contributed by atoms with van der Waals surface area (Å²) in [7, 11) is 0. The van der Waals surface area contributed by atoms with Crippen molar-refractivity contribution in [1.82, 2.24) is 0 Å². The number of aliphatic imine (C=N–C) groups is 1. The van der Waals surface area contributed by atoms with E-state index in [4.69, 9.17) is 0 Å². The molecule has 0 saturated heterocycles. The number of thiocarbonyl (C=S) groups is 1. The fraction of sp³-hybridized carbons (Fsp3) is 0.833. The van der Waals surface area contributed by atoms with E-state index < -0.39 is 12.0 Å². The molecule has 16 heavy (non-hydrogen) atoms. The molecule has 2 rings (SSSR count). The Hall–Kier alpha value is -0.730. The molecular formula is C12H17NO2S. The lowest BCUT2D eigenvalue weighted by atomic mass is 9.62. The first-order valence-corrected chi connectivity index (χ1v) is 6.44. The molecule has 2 aliphatic rings. The fourth-order valence-electron chi connectivity index (χ4n) is 2.91. The molecule has 2 aliphatic carbocycles. The van der Waals surface area contributed by atoms with Gasteiger partial charge in [0, 0.05) is 0 Å². The molecule has 0 aromatic heterocycles. The highest BCUT2D eigenvalue weighted by atomic mass is 32.1. The van der Waals surface area contributed by atoms with Crippen molar-refractivity contribution in [1.29, 1.82) is 0 Å². The molecule has 1 unspecified atom stereocenters. The van der Waals surface area contributed by atoms with Gasteiger partial charge in [-0.15, -0.1) is 0 Å². The SMILES string of the molecule is O=C(O)C(N=C=S)C(C1CCC1)C1CCC1. The average molecular weight is 239 g/mol. The largest absolute Gasteiger partial charge is 0.480 e. The molecule has 0 aromatic rings. The molecule has 4 heteroatoms. The van der Waals surface area contributed by atoms with Crippen LogP contribution in [0.3, 0.4) is 0 Å². The number of carboxylic acid groups (broad SMARTS) is 1. The molecule has 0 aliphatic heterocycles. The van der Waals surface area contributed by atoms with Gasteiger partial charge in [-0.05, 0) is 30.0 Å². The van der Waals surface area contributed by atoms with Gasteiger partial charge >= 0.3 is 5.97 Å². The lowest BCUT2D eigenvalue weighted by Crippen LogP contribution is -2.42. The standard InChI is InChI=1S/C12H17NO2S/c14-12(15)11(13-7-16)10(8-3-1-4-8)9-5-2-6-9/h8-11H,1-6H2,(H,14,15). The van der Waals surface area contributed by atoms with Crippen LogP contribution in [0.5, 0.6) is 0 Å². The van der Waals surface area contributed by atoms with E-state index >= 15 is 0 Å². The van der Waals surface area contributed by atoms with E-state index in [-0.39, 0.29) is 5.92 Å². The Morgan fingerprint density at radius 2 is 1.75 bits per heavy atom. The van der Waals surface area contributed by atoms with Crippen molar-refractivity contribution in [2.45, 2.75) is 44.6 Å². The maximum atomic E-state index is 11.2. The molecule has 1 atom stereocenters. The molecule has 0 aromatic carbocycles. The maximum Gasteiger partial charge on any atom is 0.329 e. The van der Waals surface area contributed by atoms with Crippen LogP contribution in [0.25, 0.3) is 0 Å². The number of rotatable bonds is 5. The highest BCUT2D eigenvalue weighted by Gasteiger charge is 2.43. The Balaban J connectivity index is 2.13. The first-order chi connectivity index (χ1) is 7.74. The van der Waals surface area contributed by atoms with Crippen LogP contribution in [0, 0.1) is 17.8 Å². The third-order valence-electron chi connectivity index (χ3n) is 4.20. The van der Waals surface area contributed by atoms with E-state index in [1.54, 1.807) is 0 Å². The molecule has 2 saturated carbocycles. The van der Waals surface area contributed by atoms with Crippen molar-refractivity contribution in [3.63, 3.8) is 0 Å². The predicted molar refractivity (Wildman–Crippen MR) is 64.6 cm³/mol. The molecule has 88 valence electrons. The first-order valence-electron chi connectivity index (χ1n) is 6.04. The van der Waals surface area contributed by atoms with E-state index in [1.807, 2.05) is 0 Å². The number of carbonyl (C=O) groups is 1. The second-order valence-corrected chi connectivity index (χ2v) is 5.15. The van der Waals surface area contributed by atoms with Crippen molar-refractivity contribution in [3.05, 3.63) is 0 Å². The molecule has 0 heterocycles. The van der Waals surface area contributed by atoms with Crippen LogP contribution in [0.4, 0.5) is 0 Å². The van der Waals surface area contributed by atoms with Crippen molar-refractivity contribution >= 4 is 23.3 Å². The second kappa shape index (κ2) is 5.07. The Kier molecular flexibility index (Phi) is 3.72.